The number of halogens is 1. The van der Waals surface area contributed by atoms with Crippen LogP contribution in [0.2, 0.25) is 5.02 Å². The van der Waals surface area contributed by atoms with Gasteiger partial charge in [-0.2, -0.15) is 0 Å². The number of thioether (sulfide) groups is 1. The summed E-state index contributed by atoms with van der Waals surface area (Å²) in [5, 5.41) is 4.67. The summed E-state index contributed by atoms with van der Waals surface area (Å²) in [7, 11) is 0. The lowest BCUT2D eigenvalue weighted by atomic mass is 10.0. The number of hydrogen-bond acceptors (Lipinski definition) is 2. The van der Waals surface area contributed by atoms with E-state index in [4.69, 9.17) is 11.6 Å². The molecule has 1 aliphatic carbocycles. The fraction of sp³-hybridized carbons (Fsp3) is 0.571. The third kappa shape index (κ3) is 2.49. The number of hydrogen-bond donors (Lipinski definition) is 1. The Balaban J connectivity index is 1.77. The van der Waals surface area contributed by atoms with E-state index in [0.29, 0.717) is 6.04 Å². The fourth-order valence-corrected chi connectivity index (χ4v) is 3.99. The normalized spacial score (nSPS) is 31.1. The van der Waals surface area contributed by atoms with Gasteiger partial charge in [0, 0.05) is 22.0 Å². The predicted molar refractivity (Wildman–Crippen MR) is 74.9 cm³/mol. The van der Waals surface area contributed by atoms with Crippen molar-refractivity contribution in [1.29, 1.82) is 0 Å². The summed E-state index contributed by atoms with van der Waals surface area (Å²) in [5.74, 6) is 2.13. The van der Waals surface area contributed by atoms with E-state index in [1.807, 2.05) is 17.8 Å². The maximum Gasteiger partial charge on any atom is 0.0410 e. The topological polar surface area (TPSA) is 12.0 Å². The summed E-state index contributed by atoms with van der Waals surface area (Å²) in [4.78, 5) is 1.41. The van der Waals surface area contributed by atoms with Gasteiger partial charge in [-0.25, -0.2) is 0 Å². The van der Waals surface area contributed by atoms with Crippen LogP contribution >= 0.6 is 23.4 Å². The molecule has 3 unspecified atom stereocenters. The minimum atomic E-state index is 0.520. The first-order valence-corrected chi connectivity index (χ1v) is 7.82. The van der Waals surface area contributed by atoms with E-state index in [9.17, 15) is 0 Å². The Morgan fingerprint density at radius 1 is 1.47 bits per heavy atom. The van der Waals surface area contributed by atoms with Crippen molar-refractivity contribution >= 4 is 23.4 Å². The van der Waals surface area contributed by atoms with Crippen molar-refractivity contribution in [3.05, 3.63) is 28.8 Å². The van der Waals surface area contributed by atoms with E-state index in [-0.39, 0.29) is 0 Å². The Labute approximate surface area is 112 Å². The lowest BCUT2D eigenvalue weighted by Gasteiger charge is -2.26. The van der Waals surface area contributed by atoms with Crippen molar-refractivity contribution in [2.24, 2.45) is 5.92 Å². The maximum absolute atomic E-state index is 6.11. The molecule has 0 aromatic heterocycles. The minimum absolute atomic E-state index is 0.520. The average molecular weight is 268 g/mol. The van der Waals surface area contributed by atoms with Gasteiger partial charge in [-0.3, -0.25) is 0 Å². The second-order valence-corrected chi connectivity index (χ2v) is 6.62. The van der Waals surface area contributed by atoms with Gasteiger partial charge in [0.15, 0.2) is 0 Å². The standard InChI is InChI=1S/C14H18ClNS/c1-2-9-7-13(9)16-12-5-6-17-14-4-3-10(15)8-11(12)14/h3-4,8-9,12-13,16H,2,5-7H2,1H3. The number of nitrogens with one attached hydrogen (secondary N) is 1. The largest absolute Gasteiger partial charge is 0.307 e. The number of benzene rings is 1. The summed E-state index contributed by atoms with van der Waals surface area (Å²) in [5.41, 5.74) is 1.41. The van der Waals surface area contributed by atoms with Crippen molar-refractivity contribution < 1.29 is 0 Å². The van der Waals surface area contributed by atoms with Crippen molar-refractivity contribution in [2.75, 3.05) is 5.75 Å². The van der Waals surface area contributed by atoms with Crippen LogP contribution in [0.1, 0.15) is 37.8 Å². The molecule has 0 bridgehead atoms. The molecule has 0 radical (unpaired) electrons. The Morgan fingerprint density at radius 2 is 2.35 bits per heavy atom. The molecule has 3 atom stereocenters. The van der Waals surface area contributed by atoms with Crippen LogP contribution in [0, 0.1) is 5.92 Å². The summed E-state index contributed by atoms with van der Waals surface area (Å²) in [6.07, 6.45) is 3.89. The summed E-state index contributed by atoms with van der Waals surface area (Å²) in [6, 6.07) is 7.58. The average Bonchev–Trinajstić information content (AvgIpc) is 3.08. The van der Waals surface area contributed by atoms with Crippen LogP contribution in [0.4, 0.5) is 0 Å². The Morgan fingerprint density at radius 3 is 3.12 bits per heavy atom. The van der Waals surface area contributed by atoms with Crippen LogP contribution in [0.25, 0.3) is 0 Å². The molecule has 1 heterocycles. The monoisotopic (exact) mass is 267 g/mol. The molecule has 3 heteroatoms. The van der Waals surface area contributed by atoms with Crippen LogP contribution in [0.5, 0.6) is 0 Å². The van der Waals surface area contributed by atoms with E-state index in [1.165, 1.54) is 35.5 Å². The van der Waals surface area contributed by atoms with Crippen LogP contribution in [0.3, 0.4) is 0 Å². The fourth-order valence-electron chi connectivity index (χ4n) is 2.70. The van der Waals surface area contributed by atoms with Crippen LogP contribution < -0.4 is 5.32 Å². The maximum atomic E-state index is 6.11. The molecule has 0 spiro atoms. The summed E-state index contributed by atoms with van der Waals surface area (Å²) in [6.45, 7) is 2.29. The van der Waals surface area contributed by atoms with Crippen molar-refractivity contribution in [1.82, 2.24) is 5.32 Å². The second-order valence-electron chi connectivity index (χ2n) is 5.05. The summed E-state index contributed by atoms with van der Waals surface area (Å²) < 4.78 is 0. The van der Waals surface area contributed by atoms with Gasteiger partial charge in [0.2, 0.25) is 0 Å². The Kier molecular flexibility index (Phi) is 3.38. The van der Waals surface area contributed by atoms with Crippen molar-refractivity contribution in [3.63, 3.8) is 0 Å². The Bertz CT molecular complexity index is 421. The predicted octanol–water partition coefficient (Wildman–Crippen LogP) is 4.27. The third-order valence-electron chi connectivity index (χ3n) is 3.87. The molecule has 1 N–H and O–H groups in total. The smallest absolute Gasteiger partial charge is 0.0410 e. The molecule has 1 fully saturated rings. The van der Waals surface area contributed by atoms with Crippen molar-refractivity contribution in [2.45, 2.75) is 43.2 Å². The highest BCUT2D eigenvalue weighted by atomic mass is 35.5. The molecule has 0 amide bonds. The van der Waals surface area contributed by atoms with Crippen molar-refractivity contribution in [3.8, 4) is 0 Å². The van der Waals surface area contributed by atoms with E-state index in [1.54, 1.807) is 0 Å². The van der Waals surface area contributed by atoms with Crippen LogP contribution in [0.15, 0.2) is 23.1 Å². The van der Waals surface area contributed by atoms with Gasteiger partial charge in [0.05, 0.1) is 0 Å². The van der Waals surface area contributed by atoms with Gasteiger partial charge in [0.1, 0.15) is 0 Å². The van der Waals surface area contributed by atoms with Crippen LogP contribution in [-0.2, 0) is 0 Å². The van der Waals surface area contributed by atoms with E-state index >= 15 is 0 Å². The first-order chi connectivity index (χ1) is 8.28. The van der Waals surface area contributed by atoms with Gasteiger partial charge in [-0.1, -0.05) is 24.9 Å². The highest BCUT2D eigenvalue weighted by Crippen LogP contribution is 2.41. The molecular weight excluding hydrogens is 250 g/mol. The zero-order valence-corrected chi connectivity index (χ0v) is 11.7. The quantitative estimate of drug-likeness (QED) is 0.878. The highest BCUT2D eigenvalue weighted by molar-refractivity contribution is 7.99. The molecule has 1 aromatic rings. The molecule has 92 valence electrons. The second kappa shape index (κ2) is 4.83. The molecule has 0 saturated heterocycles. The minimum Gasteiger partial charge on any atom is -0.307 e. The highest BCUT2D eigenvalue weighted by Gasteiger charge is 2.37. The first kappa shape index (κ1) is 11.9. The van der Waals surface area contributed by atoms with Gasteiger partial charge >= 0.3 is 0 Å². The van der Waals surface area contributed by atoms with Gasteiger partial charge in [-0.05, 0) is 48.3 Å². The lowest BCUT2D eigenvalue weighted by Crippen LogP contribution is -2.27. The molecule has 3 rings (SSSR count). The third-order valence-corrected chi connectivity index (χ3v) is 5.23. The Hall–Kier alpha value is -0.180. The molecule has 1 saturated carbocycles. The molecule has 17 heavy (non-hydrogen) atoms. The number of rotatable bonds is 3. The molecule has 2 aliphatic rings. The van der Waals surface area contributed by atoms with E-state index < -0.39 is 0 Å². The SMILES string of the molecule is CCC1CC1NC1CCSc2ccc(Cl)cc21. The zero-order chi connectivity index (χ0) is 11.8. The lowest BCUT2D eigenvalue weighted by molar-refractivity contribution is 0.487. The number of fused-ring (bicyclic) bond motifs is 1. The van der Waals surface area contributed by atoms with Gasteiger partial charge < -0.3 is 5.32 Å². The molecular formula is C14H18ClNS. The zero-order valence-electron chi connectivity index (χ0n) is 10.1. The molecule has 1 aromatic carbocycles. The first-order valence-electron chi connectivity index (χ1n) is 6.46. The van der Waals surface area contributed by atoms with Crippen LogP contribution in [-0.4, -0.2) is 11.8 Å². The molecule has 1 aliphatic heterocycles. The van der Waals surface area contributed by atoms with E-state index in [2.05, 4.69) is 24.4 Å². The summed E-state index contributed by atoms with van der Waals surface area (Å²) >= 11 is 8.07. The molecule has 1 nitrogen and oxygen atoms in total. The van der Waals surface area contributed by atoms with Gasteiger partial charge in [-0.15, -0.1) is 11.8 Å². The van der Waals surface area contributed by atoms with E-state index in [0.717, 1.165) is 17.0 Å². The van der Waals surface area contributed by atoms with Gasteiger partial charge in [0.25, 0.3) is 0 Å².